The summed E-state index contributed by atoms with van der Waals surface area (Å²) in [7, 11) is 3.26. The highest BCUT2D eigenvalue weighted by molar-refractivity contribution is 6.00. The Balaban J connectivity index is 1.25. The molecule has 188 valence electrons. The van der Waals surface area contributed by atoms with E-state index in [0.717, 1.165) is 52.8 Å². The fourth-order valence-electron chi connectivity index (χ4n) is 4.43. The van der Waals surface area contributed by atoms with Crippen molar-refractivity contribution in [3.8, 4) is 22.6 Å². The van der Waals surface area contributed by atoms with Gasteiger partial charge >= 0.3 is 0 Å². The number of methoxy groups -OCH3 is 2. The first-order valence-corrected chi connectivity index (χ1v) is 12.2. The number of hydroxylamine groups is 1. The van der Waals surface area contributed by atoms with Crippen molar-refractivity contribution in [1.82, 2.24) is 10.4 Å². The molecule has 1 aliphatic heterocycles. The van der Waals surface area contributed by atoms with Crippen molar-refractivity contribution in [2.24, 2.45) is 0 Å². The zero-order chi connectivity index (χ0) is 25.3. The van der Waals surface area contributed by atoms with Crippen LogP contribution in [0.1, 0.15) is 47.2 Å². The molecule has 0 saturated heterocycles. The molecule has 0 atom stereocenters. The van der Waals surface area contributed by atoms with Crippen molar-refractivity contribution in [1.29, 1.82) is 0 Å². The van der Waals surface area contributed by atoms with Crippen LogP contribution in [-0.4, -0.2) is 37.5 Å². The third-order valence-corrected chi connectivity index (χ3v) is 6.34. The first-order chi connectivity index (χ1) is 17.6. The maximum Gasteiger partial charge on any atom is 0.254 e. The van der Waals surface area contributed by atoms with Gasteiger partial charge < -0.3 is 14.4 Å². The van der Waals surface area contributed by atoms with Gasteiger partial charge in [-0.05, 0) is 47.7 Å². The molecule has 7 heteroatoms. The zero-order valence-corrected chi connectivity index (χ0v) is 20.8. The van der Waals surface area contributed by atoms with E-state index >= 15 is 0 Å². The summed E-state index contributed by atoms with van der Waals surface area (Å²) in [4.78, 5) is 32.2. The number of unbranched alkanes of at least 4 members (excludes halogenated alkanes) is 2. The number of carbonyl (C=O) groups is 2. The van der Waals surface area contributed by atoms with Crippen LogP contribution in [0.25, 0.3) is 11.1 Å². The highest BCUT2D eigenvalue weighted by Gasteiger charge is 2.29. The lowest BCUT2D eigenvalue weighted by Crippen LogP contribution is -2.25. The molecule has 36 heavy (non-hydrogen) atoms. The maximum atomic E-state index is 13.0. The van der Waals surface area contributed by atoms with E-state index in [9.17, 15) is 9.59 Å². The van der Waals surface area contributed by atoms with Gasteiger partial charge in [0.15, 0.2) is 0 Å². The van der Waals surface area contributed by atoms with Crippen LogP contribution < -0.4 is 15.0 Å². The van der Waals surface area contributed by atoms with Gasteiger partial charge in [-0.1, -0.05) is 48.9 Å². The molecular formula is C29H32N2O5. The van der Waals surface area contributed by atoms with Crippen molar-refractivity contribution < 1.29 is 23.9 Å². The molecule has 3 aromatic rings. The third-order valence-electron chi connectivity index (χ3n) is 6.34. The van der Waals surface area contributed by atoms with Crippen LogP contribution >= 0.6 is 0 Å². The van der Waals surface area contributed by atoms with Gasteiger partial charge in [0.2, 0.25) is 5.91 Å². The molecule has 0 spiro atoms. The number of benzene rings is 3. The van der Waals surface area contributed by atoms with Gasteiger partial charge in [-0.2, -0.15) is 0 Å². The number of nitrogens with one attached hydrogen (secondary N) is 1. The summed E-state index contributed by atoms with van der Waals surface area (Å²) in [6.45, 7) is 1.56. The number of fused-ring (bicyclic) bond motifs is 1. The molecule has 0 unspecified atom stereocenters. The van der Waals surface area contributed by atoms with Gasteiger partial charge in [-0.3, -0.25) is 14.4 Å². The SMILES string of the molecule is COc1ccc(-c2cccc3c2CN(CCCCCC(=O)NOCc2ccccc2)C3=O)c(OC)c1. The van der Waals surface area contributed by atoms with E-state index in [-0.39, 0.29) is 11.8 Å². The minimum Gasteiger partial charge on any atom is -0.497 e. The number of carbonyl (C=O) groups excluding carboxylic acids is 2. The number of hydrogen-bond acceptors (Lipinski definition) is 5. The maximum absolute atomic E-state index is 13.0. The Morgan fingerprint density at radius 1 is 0.889 bits per heavy atom. The second-order valence-electron chi connectivity index (χ2n) is 8.73. The molecule has 2 amide bonds. The number of nitrogens with zero attached hydrogens (tertiary/aromatic N) is 1. The Kier molecular flexibility index (Phi) is 8.57. The van der Waals surface area contributed by atoms with E-state index in [0.29, 0.717) is 31.9 Å². The smallest absolute Gasteiger partial charge is 0.254 e. The zero-order valence-electron chi connectivity index (χ0n) is 20.8. The van der Waals surface area contributed by atoms with E-state index in [1.807, 2.05) is 71.6 Å². The van der Waals surface area contributed by atoms with E-state index < -0.39 is 0 Å². The van der Waals surface area contributed by atoms with E-state index in [4.69, 9.17) is 14.3 Å². The number of rotatable bonds is 12. The van der Waals surface area contributed by atoms with Gasteiger partial charge in [0.1, 0.15) is 11.5 Å². The monoisotopic (exact) mass is 488 g/mol. The van der Waals surface area contributed by atoms with Crippen LogP contribution in [0, 0.1) is 0 Å². The predicted octanol–water partition coefficient (Wildman–Crippen LogP) is 5.14. The molecule has 0 aliphatic carbocycles. The van der Waals surface area contributed by atoms with Gasteiger partial charge in [-0.25, -0.2) is 5.48 Å². The van der Waals surface area contributed by atoms with Crippen molar-refractivity contribution in [3.05, 3.63) is 83.4 Å². The van der Waals surface area contributed by atoms with Crippen LogP contribution in [0.3, 0.4) is 0 Å². The lowest BCUT2D eigenvalue weighted by molar-refractivity contribution is -0.134. The summed E-state index contributed by atoms with van der Waals surface area (Å²) < 4.78 is 10.9. The number of ether oxygens (including phenoxy) is 2. The lowest BCUT2D eigenvalue weighted by atomic mass is 9.96. The quantitative estimate of drug-likeness (QED) is 0.282. The lowest BCUT2D eigenvalue weighted by Gasteiger charge is -2.16. The fraction of sp³-hybridized carbons (Fsp3) is 0.310. The normalized spacial score (nSPS) is 12.4. The molecule has 7 nitrogen and oxygen atoms in total. The van der Waals surface area contributed by atoms with Crippen LogP contribution in [0.4, 0.5) is 0 Å². The molecule has 1 heterocycles. The molecule has 1 N–H and O–H groups in total. The highest BCUT2D eigenvalue weighted by atomic mass is 16.6. The van der Waals surface area contributed by atoms with Crippen LogP contribution in [-0.2, 0) is 22.8 Å². The van der Waals surface area contributed by atoms with Crippen molar-refractivity contribution >= 4 is 11.8 Å². The standard InChI is InChI=1S/C29H32N2O5/c1-34-22-15-16-24(27(18-22)35-2)23-12-9-13-25-26(23)19-31(29(25)33)17-8-4-7-14-28(32)30-36-20-21-10-5-3-6-11-21/h3,5-6,9-13,15-16,18H,4,7-8,14,17,19-20H2,1-2H3,(H,30,32). The molecule has 1 aliphatic rings. The second-order valence-corrected chi connectivity index (χ2v) is 8.73. The topological polar surface area (TPSA) is 77.1 Å². The Bertz CT molecular complexity index is 1200. The molecule has 0 radical (unpaired) electrons. The first kappa shape index (κ1) is 25.3. The van der Waals surface area contributed by atoms with E-state index in [2.05, 4.69) is 5.48 Å². The van der Waals surface area contributed by atoms with Gasteiger partial charge in [0, 0.05) is 36.7 Å². The van der Waals surface area contributed by atoms with Crippen molar-refractivity contribution in [2.75, 3.05) is 20.8 Å². The molecule has 0 aromatic heterocycles. The summed E-state index contributed by atoms with van der Waals surface area (Å²) in [6.07, 6.45) is 2.82. The minimum atomic E-state index is -0.131. The van der Waals surface area contributed by atoms with Gasteiger partial charge in [0.05, 0.1) is 20.8 Å². The Labute approximate surface area is 211 Å². The second kappa shape index (κ2) is 12.2. The average molecular weight is 489 g/mol. The number of amides is 2. The highest BCUT2D eigenvalue weighted by Crippen LogP contribution is 2.39. The van der Waals surface area contributed by atoms with E-state index in [1.165, 1.54) is 0 Å². The molecule has 0 saturated carbocycles. The molecule has 0 bridgehead atoms. The van der Waals surface area contributed by atoms with Crippen LogP contribution in [0.2, 0.25) is 0 Å². The van der Waals surface area contributed by atoms with Crippen LogP contribution in [0.15, 0.2) is 66.7 Å². The van der Waals surface area contributed by atoms with Crippen molar-refractivity contribution in [2.45, 2.75) is 38.8 Å². The fourth-order valence-corrected chi connectivity index (χ4v) is 4.43. The van der Waals surface area contributed by atoms with Gasteiger partial charge in [-0.15, -0.1) is 0 Å². The Hall–Kier alpha value is -3.84. The predicted molar refractivity (Wildman–Crippen MR) is 138 cm³/mol. The Morgan fingerprint density at radius 3 is 2.47 bits per heavy atom. The molecule has 4 rings (SSSR count). The average Bonchev–Trinajstić information content (AvgIpc) is 3.24. The minimum absolute atomic E-state index is 0.0476. The Morgan fingerprint density at radius 2 is 1.69 bits per heavy atom. The van der Waals surface area contributed by atoms with Gasteiger partial charge in [0.25, 0.3) is 5.91 Å². The van der Waals surface area contributed by atoms with Crippen LogP contribution in [0.5, 0.6) is 11.5 Å². The molecule has 3 aromatic carbocycles. The largest absolute Gasteiger partial charge is 0.497 e. The third kappa shape index (κ3) is 6.04. The summed E-state index contributed by atoms with van der Waals surface area (Å²) in [5.41, 5.74) is 7.18. The summed E-state index contributed by atoms with van der Waals surface area (Å²) in [6, 6.07) is 21.2. The van der Waals surface area contributed by atoms with Crippen molar-refractivity contribution in [3.63, 3.8) is 0 Å². The summed E-state index contributed by atoms with van der Waals surface area (Å²) >= 11 is 0. The molecular weight excluding hydrogens is 456 g/mol. The first-order valence-electron chi connectivity index (χ1n) is 12.2. The molecule has 0 fully saturated rings. The number of hydrogen-bond donors (Lipinski definition) is 1. The summed E-state index contributed by atoms with van der Waals surface area (Å²) in [5.74, 6) is 1.34. The van der Waals surface area contributed by atoms with E-state index in [1.54, 1.807) is 14.2 Å². The summed E-state index contributed by atoms with van der Waals surface area (Å²) in [5, 5.41) is 0.